The number of carbonyl (C=O) groups is 3. The molecule has 1 aliphatic rings. The van der Waals surface area contributed by atoms with Crippen LogP contribution in [0, 0.1) is 6.92 Å². The van der Waals surface area contributed by atoms with Crippen LogP contribution in [0.15, 0.2) is 56.1 Å². The molecule has 2 amide bonds. The second kappa shape index (κ2) is 13.9. The van der Waals surface area contributed by atoms with E-state index in [0.29, 0.717) is 29.1 Å². The van der Waals surface area contributed by atoms with E-state index in [2.05, 4.69) is 10.6 Å². The molecule has 9 nitrogen and oxygen atoms in total. The molecule has 2 aromatic heterocycles. The van der Waals surface area contributed by atoms with Crippen molar-refractivity contribution in [2.75, 3.05) is 12.3 Å². The molecule has 1 unspecified atom stereocenters. The van der Waals surface area contributed by atoms with Crippen LogP contribution >= 0.6 is 11.8 Å². The van der Waals surface area contributed by atoms with Gasteiger partial charge in [-0.2, -0.15) is 11.8 Å². The average molecular weight is 605 g/mol. The van der Waals surface area contributed by atoms with E-state index < -0.39 is 17.6 Å². The van der Waals surface area contributed by atoms with Crippen molar-refractivity contribution in [1.29, 1.82) is 0 Å². The number of rotatable bonds is 13. The zero-order chi connectivity index (χ0) is 30.3. The van der Waals surface area contributed by atoms with Gasteiger partial charge in [0.05, 0.1) is 0 Å². The molecule has 0 bridgehead atoms. The van der Waals surface area contributed by atoms with Gasteiger partial charge in [0.1, 0.15) is 23.0 Å². The Morgan fingerprint density at radius 3 is 2.56 bits per heavy atom. The van der Waals surface area contributed by atoms with Crippen molar-refractivity contribution in [1.82, 2.24) is 10.6 Å². The van der Waals surface area contributed by atoms with Gasteiger partial charge in [0, 0.05) is 65.3 Å². The summed E-state index contributed by atoms with van der Waals surface area (Å²) in [5, 5.41) is 16.3. The van der Waals surface area contributed by atoms with Crippen molar-refractivity contribution in [2.45, 2.75) is 70.1 Å². The lowest BCUT2D eigenvalue weighted by atomic mass is 9.94. The van der Waals surface area contributed by atoms with E-state index >= 15 is 0 Å². The molecule has 1 aliphatic carbocycles. The fourth-order valence-electron chi connectivity index (χ4n) is 5.56. The summed E-state index contributed by atoms with van der Waals surface area (Å²) in [5.74, 6) is 0.366. The zero-order valence-corrected chi connectivity index (χ0v) is 25.0. The Hall–Kier alpha value is -4.05. The molecule has 4 aromatic rings. The zero-order valence-electron chi connectivity index (χ0n) is 24.2. The lowest BCUT2D eigenvalue weighted by Crippen LogP contribution is -2.48. The van der Waals surface area contributed by atoms with Crippen LogP contribution in [0.4, 0.5) is 0 Å². The molecule has 0 saturated heterocycles. The van der Waals surface area contributed by atoms with Crippen molar-refractivity contribution >= 4 is 51.5 Å². The average Bonchev–Trinajstić information content (AvgIpc) is 3.35. The number of fused-ring (bicyclic) bond motifs is 4. The SMILES string of the molecule is Cc1c(CCC(=O)NC(CSCc2ccccc2)C(=O)NCCCC(=O)O)c(=O)oc2cc3oc4c(c3cc12)CCCC4. The standard InChI is InChI=1S/C33H36N2O7S/c1-20-22(33(40)42-28-17-29-25(16-24(20)28)23-10-5-6-11-27(23)41-29)13-14-30(36)35-26(32(39)34-15-7-12-31(37)38)19-43-18-21-8-3-2-4-9-21/h2-4,8-9,16-17,26H,5-7,10-15,18-19H2,1H3,(H,34,39)(H,35,36)(H,37,38). The van der Waals surface area contributed by atoms with E-state index in [1.54, 1.807) is 6.07 Å². The highest BCUT2D eigenvalue weighted by molar-refractivity contribution is 7.98. The topological polar surface area (TPSA) is 139 Å². The van der Waals surface area contributed by atoms with Gasteiger partial charge < -0.3 is 24.6 Å². The van der Waals surface area contributed by atoms with Crippen molar-refractivity contribution in [2.24, 2.45) is 0 Å². The molecule has 0 aliphatic heterocycles. The first kappa shape index (κ1) is 30.4. The second-order valence-electron chi connectivity index (χ2n) is 11.0. The highest BCUT2D eigenvalue weighted by Crippen LogP contribution is 2.35. The van der Waals surface area contributed by atoms with E-state index in [-0.39, 0.29) is 37.6 Å². The number of carbonyl (C=O) groups excluding carboxylic acids is 2. The number of hydrogen-bond acceptors (Lipinski definition) is 7. The number of aliphatic carboxylic acids is 1. The molecule has 43 heavy (non-hydrogen) atoms. The Labute approximate surface area is 253 Å². The van der Waals surface area contributed by atoms with E-state index in [1.807, 2.05) is 43.3 Å². The maximum Gasteiger partial charge on any atom is 0.339 e. The third kappa shape index (κ3) is 7.48. The number of amides is 2. The summed E-state index contributed by atoms with van der Waals surface area (Å²) in [6.07, 6.45) is 4.52. The largest absolute Gasteiger partial charge is 0.481 e. The molecule has 2 heterocycles. The molecule has 3 N–H and O–H groups in total. The van der Waals surface area contributed by atoms with Gasteiger partial charge in [-0.05, 0) is 56.2 Å². The van der Waals surface area contributed by atoms with Gasteiger partial charge >= 0.3 is 11.6 Å². The van der Waals surface area contributed by atoms with Crippen LogP contribution in [-0.4, -0.2) is 41.2 Å². The van der Waals surface area contributed by atoms with Gasteiger partial charge in [-0.15, -0.1) is 0 Å². The van der Waals surface area contributed by atoms with Gasteiger partial charge in [0.15, 0.2) is 0 Å². The van der Waals surface area contributed by atoms with Crippen LogP contribution < -0.4 is 16.3 Å². The predicted molar refractivity (Wildman–Crippen MR) is 166 cm³/mol. The molecule has 5 rings (SSSR count). The number of benzene rings is 2. The molecule has 0 saturated carbocycles. The molecule has 226 valence electrons. The highest BCUT2D eigenvalue weighted by atomic mass is 32.2. The third-order valence-electron chi connectivity index (χ3n) is 7.88. The van der Waals surface area contributed by atoms with Crippen molar-refractivity contribution in [3.05, 3.63) is 80.9 Å². The van der Waals surface area contributed by atoms with Crippen LogP contribution in [0.25, 0.3) is 21.9 Å². The molecular weight excluding hydrogens is 568 g/mol. The summed E-state index contributed by atoms with van der Waals surface area (Å²) in [4.78, 5) is 49.7. The fraction of sp³-hybridized carbons (Fsp3) is 0.394. The summed E-state index contributed by atoms with van der Waals surface area (Å²) >= 11 is 1.52. The van der Waals surface area contributed by atoms with E-state index in [0.717, 1.165) is 58.9 Å². The first-order valence-corrected chi connectivity index (χ1v) is 15.9. The van der Waals surface area contributed by atoms with Gasteiger partial charge in [0.2, 0.25) is 11.8 Å². The van der Waals surface area contributed by atoms with Crippen LogP contribution in [0.5, 0.6) is 0 Å². The maximum absolute atomic E-state index is 13.0. The molecular formula is C33H36N2O7S. The number of carboxylic acids is 1. The Balaban J connectivity index is 1.26. The van der Waals surface area contributed by atoms with Crippen LogP contribution in [0.2, 0.25) is 0 Å². The van der Waals surface area contributed by atoms with Crippen LogP contribution in [-0.2, 0) is 39.4 Å². The molecule has 0 spiro atoms. The Kier molecular flexibility index (Phi) is 9.86. The fourth-order valence-corrected chi connectivity index (χ4v) is 6.58. The molecule has 0 fully saturated rings. The monoisotopic (exact) mass is 604 g/mol. The lowest BCUT2D eigenvalue weighted by molar-refractivity contribution is -0.137. The normalized spacial score (nSPS) is 13.5. The summed E-state index contributed by atoms with van der Waals surface area (Å²) in [5.41, 5.74) is 4.25. The Morgan fingerprint density at radius 1 is 1.00 bits per heavy atom. The number of hydrogen-bond donors (Lipinski definition) is 3. The maximum atomic E-state index is 13.0. The number of aryl methyl sites for hydroxylation is 3. The van der Waals surface area contributed by atoms with Crippen molar-refractivity contribution < 1.29 is 28.3 Å². The van der Waals surface area contributed by atoms with Crippen molar-refractivity contribution in [3.63, 3.8) is 0 Å². The number of nitrogens with one attached hydrogen (secondary N) is 2. The third-order valence-corrected chi connectivity index (χ3v) is 8.99. The van der Waals surface area contributed by atoms with Gasteiger partial charge in [0.25, 0.3) is 0 Å². The molecule has 2 aromatic carbocycles. The summed E-state index contributed by atoms with van der Waals surface area (Å²) in [6, 6.07) is 12.8. The highest BCUT2D eigenvalue weighted by Gasteiger charge is 2.23. The smallest absolute Gasteiger partial charge is 0.339 e. The van der Waals surface area contributed by atoms with E-state index in [9.17, 15) is 19.2 Å². The van der Waals surface area contributed by atoms with Crippen LogP contribution in [0.1, 0.15) is 60.1 Å². The minimum Gasteiger partial charge on any atom is -0.481 e. The predicted octanol–water partition coefficient (Wildman–Crippen LogP) is 5.06. The first-order valence-electron chi connectivity index (χ1n) is 14.7. The van der Waals surface area contributed by atoms with Gasteiger partial charge in [-0.25, -0.2) is 4.79 Å². The number of thioether (sulfide) groups is 1. The van der Waals surface area contributed by atoms with Gasteiger partial charge in [-0.1, -0.05) is 30.3 Å². The van der Waals surface area contributed by atoms with Crippen molar-refractivity contribution in [3.8, 4) is 0 Å². The minimum atomic E-state index is -0.931. The second-order valence-corrected chi connectivity index (χ2v) is 12.0. The number of furan rings is 1. The Bertz CT molecular complexity index is 1690. The van der Waals surface area contributed by atoms with Crippen LogP contribution in [0.3, 0.4) is 0 Å². The summed E-state index contributed by atoms with van der Waals surface area (Å²) < 4.78 is 11.7. The molecule has 10 heteroatoms. The molecule has 1 atom stereocenters. The minimum absolute atomic E-state index is 0.00655. The summed E-state index contributed by atoms with van der Waals surface area (Å²) in [7, 11) is 0. The Morgan fingerprint density at radius 2 is 1.77 bits per heavy atom. The van der Waals surface area contributed by atoms with E-state index in [4.69, 9.17) is 13.9 Å². The number of carboxylic acid groups (broad SMARTS) is 1. The molecule has 0 radical (unpaired) electrons. The first-order chi connectivity index (χ1) is 20.8. The van der Waals surface area contributed by atoms with E-state index in [1.165, 1.54) is 17.3 Å². The summed E-state index contributed by atoms with van der Waals surface area (Å²) in [6.45, 7) is 2.07. The lowest BCUT2D eigenvalue weighted by Gasteiger charge is -2.18. The quantitative estimate of drug-likeness (QED) is 0.142. The van der Waals surface area contributed by atoms with Gasteiger partial charge in [-0.3, -0.25) is 14.4 Å².